The molecule has 21 heavy (non-hydrogen) atoms. The maximum absolute atomic E-state index is 11.7. The highest BCUT2D eigenvalue weighted by Crippen LogP contribution is 2.12. The third kappa shape index (κ3) is 5.60. The molecule has 0 radical (unpaired) electrons. The van der Waals surface area contributed by atoms with Gasteiger partial charge in [-0.1, -0.05) is 40.2 Å². The van der Waals surface area contributed by atoms with Crippen LogP contribution in [0, 0.1) is 6.92 Å². The van der Waals surface area contributed by atoms with Crippen LogP contribution in [0.15, 0.2) is 53.0 Å². The van der Waals surface area contributed by atoms with Gasteiger partial charge in [-0.3, -0.25) is 4.79 Å². The molecule has 1 N–H and O–H groups in total. The van der Waals surface area contributed by atoms with E-state index in [0.717, 1.165) is 21.3 Å². The Morgan fingerprint density at radius 1 is 1.19 bits per heavy atom. The van der Waals surface area contributed by atoms with Crippen molar-refractivity contribution in [2.24, 2.45) is 0 Å². The molecule has 0 saturated carbocycles. The Labute approximate surface area is 133 Å². The van der Waals surface area contributed by atoms with Gasteiger partial charge in [0.2, 0.25) is 5.91 Å². The Morgan fingerprint density at radius 3 is 2.67 bits per heavy atom. The van der Waals surface area contributed by atoms with Gasteiger partial charge < -0.3 is 10.1 Å². The molecule has 0 fully saturated rings. The van der Waals surface area contributed by atoms with Crippen LogP contribution in [0.1, 0.15) is 17.5 Å². The van der Waals surface area contributed by atoms with Gasteiger partial charge in [0.25, 0.3) is 0 Å². The van der Waals surface area contributed by atoms with Crippen LogP contribution in [0.25, 0.3) is 0 Å². The predicted molar refractivity (Wildman–Crippen MR) is 87.3 cm³/mol. The first-order valence-corrected chi connectivity index (χ1v) is 7.63. The van der Waals surface area contributed by atoms with E-state index in [9.17, 15) is 4.79 Å². The van der Waals surface area contributed by atoms with E-state index >= 15 is 0 Å². The van der Waals surface area contributed by atoms with Crippen LogP contribution in [0.5, 0.6) is 5.75 Å². The van der Waals surface area contributed by atoms with Gasteiger partial charge in [-0.15, -0.1) is 0 Å². The van der Waals surface area contributed by atoms with E-state index in [-0.39, 0.29) is 5.91 Å². The number of rotatable bonds is 6. The number of nitrogens with one attached hydrogen (secondary N) is 1. The Bertz CT molecular complexity index is 596. The molecule has 2 aromatic carbocycles. The molecule has 0 bridgehead atoms. The van der Waals surface area contributed by atoms with Crippen LogP contribution >= 0.6 is 15.9 Å². The lowest BCUT2D eigenvalue weighted by Gasteiger charge is -2.08. The summed E-state index contributed by atoms with van der Waals surface area (Å²) in [5.41, 5.74) is 2.22. The van der Waals surface area contributed by atoms with Crippen molar-refractivity contribution in [1.82, 2.24) is 5.32 Å². The number of carbonyl (C=O) groups excluding carboxylic acids is 1. The molecule has 110 valence electrons. The Kier molecular flexibility index (Phi) is 5.81. The molecule has 2 aromatic rings. The summed E-state index contributed by atoms with van der Waals surface area (Å²) in [6, 6.07) is 15.7. The van der Waals surface area contributed by atoms with Gasteiger partial charge in [-0.05, 0) is 42.3 Å². The monoisotopic (exact) mass is 347 g/mol. The fraction of sp³-hybridized carbons (Fsp3) is 0.235. The quantitative estimate of drug-likeness (QED) is 0.861. The first-order chi connectivity index (χ1) is 10.1. The van der Waals surface area contributed by atoms with Crippen LogP contribution in [0.3, 0.4) is 0 Å². The number of ether oxygens (including phenoxy) is 1. The van der Waals surface area contributed by atoms with Gasteiger partial charge in [0.1, 0.15) is 5.75 Å². The van der Waals surface area contributed by atoms with Crippen molar-refractivity contribution in [2.75, 3.05) is 6.61 Å². The van der Waals surface area contributed by atoms with Gasteiger partial charge >= 0.3 is 0 Å². The van der Waals surface area contributed by atoms with Gasteiger partial charge in [-0.2, -0.15) is 0 Å². The average molecular weight is 348 g/mol. The van der Waals surface area contributed by atoms with Gasteiger partial charge in [0.15, 0.2) is 0 Å². The number of aryl methyl sites for hydroxylation is 1. The third-order valence-corrected chi connectivity index (χ3v) is 3.52. The van der Waals surface area contributed by atoms with E-state index in [4.69, 9.17) is 4.74 Å². The standard InChI is InChI=1S/C17H18BrNO2/c1-13-3-2-4-16(11-13)21-10-9-17(20)19-12-14-5-7-15(18)8-6-14/h2-8,11H,9-10,12H2,1H3,(H,19,20). The fourth-order valence-electron chi connectivity index (χ4n) is 1.86. The highest BCUT2D eigenvalue weighted by molar-refractivity contribution is 9.10. The first-order valence-electron chi connectivity index (χ1n) is 6.84. The summed E-state index contributed by atoms with van der Waals surface area (Å²) < 4.78 is 6.59. The van der Waals surface area contributed by atoms with E-state index in [2.05, 4.69) is 21.2 Å². The lowest BCUT2D eigenvalue weighted by molar-refractivity contribution is -0.121. The molecule has 0 saturated heterocycles. The van der Waals surface area contributed by atoms with Crippen LogP contribution in [-0.2, 0) is 11.3 Å². The van der Waals surface area contributed by atoms with Crippen LogP contribution < -0.4 is 10.1 Å². The summed E-state index contributed by atoms with van der Waals surface area (Å²) >= 11 is 3.38. The molecule has 0 atom stereocenters. The molecule has 0 unspecified atom stereocenters. The van der Waals surface area contributed by atoms with E-state index in [1.54, 1.807) is 0 Å². The number of hydrogen-bond acceptors (Lipinski definition) is 2. The van der Waals surface area contributed by atoms with Gasteiger partial charge in [0.05, 0.1) is 13.0 Å². The van der Waals surface area contributed by atoms with Gasteiger partial charge in [0, 0.05) is 11.0 Å². The minimum atomic E-state index is -0.00873. The Balaban J connectivity index is 1.69. The van der Waals surface area contributed by atoms with Crippen molar-refractivity contribution in [3.63, 3.8) is 0 Å². The summed E-state index contributed by atoms with van der Waals surface area (Å²) in [4.78, 5) is 11.7. The molecule has 3 nitrogen and oxygen atoms in total. The number of carbonyl (C=O) groups is 1. The minimum Gasteiger partial charge on any atom is -0.493 e. The Morgan fingerprint density at radius 2 is 1.95 bits per heavy atom. The van der Waals surface area contributed by atoms with E-state index in [1.165, 1.54) is 0 Å². The zero-order chi connectivity index (χ0) is 15.1. The van der Waals surface area contributed by atoms with Crippen molar-refractivity contribution in [3.05, 3.63) is 64.1 Å². The summed E-state index contributed by atoms with van der Waals surface area (Å²) in [7, 11) is 0. The van der Waals surface area contributed by atoms with Crippen molar-refractivity contribution in [3.8, 4) is 5.75 Å². The topological polar surface area (TPSA) is 38.3 Å². The van der Waals surface area contributed by atoms with Gasteiger partial charge in [-0.25, -0.2) is 0 Å². The smallest absolute Gasteiger partial charge is 0.223 e. The predicted octanol–water partition coefficient (Wildman–Crippen LogP) is 3.84. The molecule has 0 aliphatic rings. The molecule has 4 heteroatoms. The Hall–Kier alpha value is -1.81. The number of hydrogen-bond donors (Lipinski definition) is 1. The average Bonchev–Trinajstić information content (AvgIpc) is 2.47. The minimum absolute atomic E-state index is 0.00873. The largest absolute Gasteiger partial charge is 0.493 e. The van der Waals surface area contributed by atoms with Crippen molar-refractivity contribution >= 4 is 21.8 Å². The molecular weight excluding hydrogens is 330 g/mol. The lowest BCUT2D eigenvalue weighted by Crippen LogP contribution is -2.24. The van der Waals surface area contributed by atoms with Crippen LogP contribution in [-0.4, -0.2) is 12.5 Å². The maximum Gasteiger partial charge on any atom is 0.223 e. The summed E-state index contributed by atoms with van der Waals surface area (Å²) in [6.45, 7) is 2.93. The molecule has 0 spiro atoms. The summed E-state index contributed by atoms with van der Waals surface area (Å²) in [5.74, 6) is 0.793. The van der Waals surface area contributed by atoms with E-state index in [0.29, 0.717) is 19.6 Å². The second-order valence-electron chi connectivity index (χ2n) is 4.82. The second-order valence-corrected chi connectivity index (χ2v) is 5.73. The molecule has 2 rings (SSSR count). The van der Waals surface area contributed by atoms with Crippen molar-refractivity contribution < 1.29 is 9.53 Å². The summed E-state index contributed by atoms with van der Waals surface area (Å²) in [6.07, 6.45) is 0.352. The number of benzene rings is 2. The molecule has 0 aromatic heterocycles. The SMILES string of the molecule is Cc1cccc(OCCC(=O)NCc2ccc(Br)cc2)c1. The second kappa shape index (κ2) is 7.84. The van der Waals surface area contributed by atoms with Crippen molar-refractivity contribution in [1.29, 1.82) is 0 Å². The lowest BCUT2D eigenvalue weighted by atomic mass is 10.2. The number of amides is 1. The zero-order valence-corrected chi connectivity index (χ0v) is 13.5. The highest BCUT2D eigenvalue weighted by atomic mass is 79.9. The molecule has 1 amide bonds. The molecular formula is C17H18BrNO2. The fourth-order valence-corrected chi connectivity index (χ4v) is 2.12. The molecule has 0 aliphatic carbocycles. The first kappa shape index (κ1) is 15.6. The highest BCUT2D eigenvalue weighted by Gasteiger charge is 2.02. The molecule has 0 heterocycles. The van der Waals surface area contributed by atoms with Crippen molar-refractivity contribution in [2.45, 2.75) is 19.9 Å². The maximum atomic E-state index is 11.7. The molecule has 0 aliphatic heterocycles. The third-order valence-electron chi connectivity index (χ3n) is 2.99. The normalized spacial score (nSPS) is 10.2. The van der Waals surface area contributed by atoms with Crippen LogP contribution in [0.4, 0.5) is 0 Å². The zero-order valence-electron chi connectivity index (χ0n) is 11.9. The van der Waals surface area contributed by atoms with E-state index < -0.39 is 0 Å². The number of halogens is 1. The summed E-state index contributed by atoms with van der Waals surface area (Å²) in [5, 5.41) is 2.88. The van der Waals surface area contributed by atoms with E-state index in [1.807, 2.05) is 55.5 Å². The van der Waals surface area contributed by atoms with Crippen LogP contribution in [0.2, 0.25) is 0 Å².